The lowest BCUT2D eigenvalue weighted by Crippen LogP contribution is -2.90. The van der Waals surface area contributed by atoms with E-state index in [0.717, 1.165) is 5.82 Å². The van der Waals surface area contributed by atoms with Crippen molar-refractivity contribution in [2.45, 2.75) is 26.1 Å². The molecule has 4 N–H and O–H groups in total. The van der Waals surface area contributed by atoms with Crippen LogP contribution in [0.4, 0.5) is 0 Å². The fraction of sp³-hybridized carbons (Fsp3) is 0.444. The van der Waals surface area contributed by atoms with Crippen molar-refractivity contribution in [1.82, 2.24) is 10.2 Å². The van der Waals surface area contributed by atoms with Gasteiger partial charge in [-0.05, 0) is 26.5 Å². The fourth-order valence-electron chi connectivity index (χ4n) is 1.46. The average molecular weight is 181 g/mol. The maximum atomic E-state index is 5.61. The van der Waals surface area contributed by atoms with E-state index in [1.54, 1.807) is 6.08 Å². The molecule has 4 nitrogen and oxygen atoms in total. The van der Waals surface area contributed by atoms with Crippen LogP contribution in [0.25, 0.3) is 0 Å². The Hall–Kier alpha value is -1.45. The Morgan fingerprint density at radius 3 is 2.77 bits per heavy atom. The van der Waals surface area contributed by atoms with Crippen molar-refractivity contribution in [3.05, 3.63) is 25.1 Å². The minimum absolute atomic E-state index is 0.0220. The summed E-state index contributed by atoms with van der Waals surface area (Å²) in [6.45, 7) is 11.8. The highest BCUT2D eigenvalue weighted by molar-refractivity contribution is 5.74. The van der Waals surface area contributed by atoms with Crippen LogP contribution in [0.1, 0.15) is 13.8 Å². The van der Waals surface area contributed by atoms with Gasteiger partial charge in [-0.2, -0.15) is 0 Å². The van der Waals surface area contributed by atoms with Gasteiger partial charge in [0.2, 0.25) is 0 Å². The Labute approximate surface area is 78.8 Å². The summed E-state index contributed by atoms with van der Waals surface area (Å²) in [5, 5.41) is 2.94. The third-order valence-electron chi connectivity index (χ3n) is 1.97. The van der Waals surface area contributed by atoms with Crippen molar-refractivity contribution < 1.29 is 4.99 Å². The van der Waals surface area contributed by atoms with E-state index in [-0.39, 0.29) is 6.17 Å². The smallest absolute Gasteiger partial charge is 0.308 e. The predicted octanol–water partition coefficient (Wildman–Crippen LogP) is -1.32. The summed E-state index contributed by atoms with van der Waals surface area (Å²) in [6.07, 6.45) is 1.83. The second-order valence-corrected chi connectivity index (χ2v) is 3.31. The first-order valence-corrected chi connectivity index (χ1v) is 4.32. The first-order valence-electron chi connectivity index (χ1n) is 4.32. The number of rotatable bonds is 2. The number of nitrogens with one attached hydrogen (secondary N) is 2. The van der Waals surface area contributed by atoms with Crippen LogP contribution in [0.3, 0.4) is 0 Å². The lowest BCUT2D eigenvalue weighted by molar-refractivity contribution is -0.526. The number of nitrogens with two attached hydrogens (primary N) is 1. The molecule has 1 rings (SSSR count). The lowest BCUT2D eigenvalue weighted by atomic mass is 10.2. The highest BCUT2D eigenvalue weighted by atomic mass is 15.4. The van der Waals surface area contributed by atoms with E-state index < -0.39 is 0 Å². The first-order chi connectivity index (χ1) is 6.06. The Morgan fingerprint density at radius 2 is 2.31 bits per heavy atom. The molecule has 0 aromatic carbocycles. The Morgan fingerprint density at radius 1 is 1.69 bits per heavy atom. The molecule has 13 heavy (non-hydrogen) atoms. The molecule has 1 aliphatic rings. The summed E-state index contributed by atoms with van der Waals surface area (Å²) >= 11 is 0. The highest BCUT2D eigenvalue weighted by Gasteiger charge is 2.27. The van der Waals surface area contributed by atoms with Crippen molar-refractivity contribution in [1.29, 1.82) is 0 Å². The topological polar surface area (TPSA) is 55.3 Å². The van der Waals surface area contributed by atoms with Gasteiger partial charge in [0.05, 0.1) is 0 Å². The van der Waals surface area contributed by atoms with E-state index in [1.807, 2.05) is 0 Å². The van der Waals surface area contributed by atoms with Crippen LogP contribution >= 0.6 is 0 Å². The van der Waals surface area contributed by atoms with Crippen molar-refractivity contribution >= 4 is 5.96 Å². The maximum absolute atomic E-state index is 5.61. The number of guanidine groups is 1. The van der Waals surface area contributed by atoms with Crippen molar-refractivity contribution in [3.63, 3.8) is 0 Å². The molecule has 0 aliphatic carbocycles. The summed E-state index contributed by atoms with van der Waals surface area (Å²) in [5.41, 5.74) is 5.61. The minimum atomic E-state index is 0.0220. The third-order valence-corrected chi connectivity index (χ3v) is 1.97. The fourth-order valence-corrected chi connectivity index (χ4v) is 1.46. The molecule has 0 aromatic rings. The van der Waals surface area contributed by atoms with Gasteiger partial charge < -0.3 is 4.90 Å². The zero-order valence-electron chi connectivity index (χ0n) is 8.17. The quantitative estimate of drug-likeness (QED) is 0.463. The van der Waals surface area contributed by atoms with Gasteiger partial charge in [-0.25, -0.2) is 5.32 Å². The summed E-state index contributed by atoms with van der Waals surface area (Å²) in [5.74, 6) is 1.32. The van der Waals surface area contributed by atoms with Gasteiger partial charge in [0.15, 0.2) is 12.0 Å². The van der Waals surface area contributed by atoms with Gasteiger partial charge in [-0.1, -0.05) is 6.58 Å². The standard InChI is InChI=1S/C9H16N4/c1-5-8-12-9(10)11-7(4)13(8)6(2)3/h5-6,8H,1,4H2,2-3H3,(H3,10,11,12)/p+1. The van der Waals surface area contributed by atoms with Crippen molar-refractivity contribution in [3.8, 4) is 0 Å². The molecule has 0 fully saturated rings. The van der Waals surface area contributed by atoms with E-state index in [1.165, 1.54) is 0 Å². The highest BCUT2D eigenvalue weighted by Crippen LogP contribution is 2.08. The number of hydrogen-bond donors (Lipinski definition) is 3. The molecule has 0 saturated heterocycles. The predicted molar refractivity (Wildman–Crippen MR) is 53.4 cm³/mol. The third kappa shape index (κ3) is 1.83. The molecular formula is C9H17N4+. The average Bonchev–Trinajstić information content (AvgIpc) is 2.01. The molecule has 4 heteroatoms. The van der Waals surface area contributed by atoms with Crippen LogP contribution in [-0.4, -0.2) is 23.1 Å². The van der Waals surface area contributed by atoms with Gasteiger partial charge in [-0.3, -0.25) is 10.7 Å². The molecule has 0 radical (unpaired) electrons. The molecule has 1 heterocycles. The van der Waals surface area contributed by atoms with Gasteiger partial charge in [-0.15, -0.1) is 0 Å². The zero-order chi connectivity index (χ0) is 10.0. The number of nitrogens with zero attached hydrogens (tertiary/aromatic N) is 1. The normalized spacial score (nSPS) is 22.7. The monoisotopic (exact) mass is 181 g/mol. The van der Waals surface area contributed by atoms with Gasteiger partial charge in [0, 0.05) is 6.04 Å². The van der Waals surface area contributed by atoms with Gasteiger partial charge >= 0.3 is 5.96 Å². The second-order valence-electron chi connectivity index (χ2n) is 3.31. The molecule has 0 spiro atoms. The summed E-state index contributed by atoms with van der Waals surface area (Å²) in [7, 11) is 0. The van der Waals surface area contributed by atoms with Crippen molar-refractivity contribution in [2.75, 3.05) is 0 Å². The largest absolute Gasteiger partial charge is 0.349 e. The zero-order valence-corrected chi connectivity index (χ0v) is 8.17. The van der Waals surface area contributed by atoms with Crippen LogP contribution in [0.15, 0.2) is 25.1 Å². The molecule has 0 bridgehead atoms. The molecular weight excluding hydrogens is 164 g/mol. The molecule has 1 atom stereocenters. The van der Waals surface area contributed by atoms with Crippen LogP contribution < -0.4 is 16.0 Å². The first kappa shape index (κ1) is 9.64. The maximum Gasteiger partial charge on any atom is 0.349 e. The van der Waals surface area contributed by atoms with Crippen LogP contribution in [-0.2, 0) is 0 Å². The second kappa shape index (κ2) is 3.51. The van der Waals surface area contributed by atoms with E-state index in [4.69, 9.17) is 5.73 Å². The molecule has 0 amide bonds. The van der Waals surface area contributed by atoms with Crippen LogP contribution in [0.5, 0.6) is 0 Å². The van der Waals surface area contributed by atoms with Crippen LogP contribution in [0.2, 0.25) is 0 Å². The molecule has 1 unspecified atom stereocenters. The summed E-state index contributed by atoms with van der Waals surface area (Å²) in [6, 6.07) is 0.351. The summed E-state index contributed by atoms with van der Waals surface area (Å²) < 4.78 is 0. The molecule has 0 saturated carbocycles. The SMILES string of the molecule is C=CC1[NH+]=C(N)NC(=C)N1C(C)C. The Bertz CT molecular complexity index is 254. The van der Waals surface area contributed by atoms with Gasteiger partial charge in [0.25, 0.3) is 0 Å². The van der Waals surface area contributed by atoms with Crippen molar-refractivity contribution in [2.24, 2.45) is 5.73 Å². The molecule has 0 aromatic heterocycles. The van der Waals surface area contributed by atoms with E-state index >= 15 is 0 Å². The minimum Gasteiger partial charge on any atom is -0.308 e. The van der Waals surface area contributed by atoms with E-state index in [2.05, 4.69) is 42.2 Å². The molecule has 1 aliphatic heterocycles. The van der Waals surface area contributed by atoms with Gasteiger partial charge in [0.1, 0.15) is 0 Å². The lowest BCUT2D eigenvalue weighted by Gasteiger charge is -2.34. The summed E-state index contributed by atoms with van der Waals surface area (Å²) in [4.78, 5) is 5.13. The molecule has 72 valence electrons. The Kier molecular flexibility index (Phi) is 2.60. The Balaban J connectivity index is 2.93. The van der Waals surface area contributed by atoms with Crippen LogP contribution in [0, 0.1) is 0 Å². The van der Waals surface area contributed by atoms with E-state index in [9.17, 15) is 0 Å². The van der Waals surface area contributed by atoms with E-state index in [0.29, 0.717) is 12.0 Å². The number of hydrogen-bond acceptors (Lipinski definition) is 3.